The van der Waals surface area contributed by atoms with Crippen LogP contribution in [-0.4, -0.2) is 55.8 Å². The predicted molar refractivity (Wildman–Crippen MR) is 150 cm³/mol. The van der Waals surface area contributed by atoms with Crippen molar-refractivity contribution in [3.63, 3.8) is 0 Å². The monoisotopic (exact) mass is 567 g/mol. The number of aromatic nitrogens is 2. The number of amides is 2. The first kappa shape index (κ1) is 29.6. The van der Waals surface area contributed by atoms with Crippen LogP contribution in [-0.2, 0) is 33.8 Å². The van der Waals surface area contributed by atoms with E-state index in [9.17, 15) is 14.4 Å². The number of cyclic esters (lactones) is 1. The zero-order chi connectivity index (χ0) is 30.3. The lowest BCUT2D eigenvalue weighted by molar-refractivity contribution is -0.127. The Bertz CT molecular complexity index is 1400. The minimum Gasteiger partial charge on any atom is -0.451 e. The van der Waals surface area contributed by atoms with E-state index in [0.717, 1.165) is 11.3 Å². The summed E-state index contributed by atoms with van der Waals surface area (Å²) in [5.41, 5.74) is 1.81. The van der Waals surface area contributed by atoms with Gasteiger partial charge in [-0.05, 0) is 47.1 Å². The largest absolute Gasteiger partial charge is 0.451 e. The molecular weight excluding hydrogens is 530 g/mol. The van der Waals surface area contributed by atoms with E-state index in [1.54, 1.807) is 71.0 Å². The maximum absolute atomic E-state index is 12.9. The first-order valence-electron chi connectivity index (χ1n) is 13.3. The molecule has 0 aliphatic carbocycles. The number of nitrogens with zero attached hydrogens (tertiary/aromatic N) is 4. The summed E-state index contributed by atoms with van der Waals surface area (Å²) in [4.78, 5) is 43.6. The van der Waals surface area contributed by atoms with Crippen molar-refractivity contribution in [2.45, 2.75) is 92.0 Å². The maximum atomic E-state index is 12.9. The number of ether oxygens (including phenoxy) is 4. The smallest absolute Gasteiger partial charge is 0.437 e. The Balaban J connectivity index is 1.55. The molecule has 2 aliphatic heterocycles. The average Bonchev–Trinajstić information content (AvgIpc) is 3.34. The van der Waals surface area contributed by atoms with E-state index < -0.39 is 35.1 Å². The van der Waals surface area contributed by atoms with Gasteiger partial charge in [0, 0.05) is 37.7 Å². The van der Waals surface area contributed by atoms with E-state index in [0.29, 0.717) is 35.5 Å². The van der Waals surface area contributed by atoms with Crippen molar-refractivity contribution in [1.29, 1.82) is 0 Å². The molecule has 2 aromatic rings. The number of hydrogen-bond donors (Lipinski definition) is 1. The van der Waals surface area contributed by atoms with Gasteiger partial charge in [-0.2, -0.15) is 5.10 Å². The summed E-state index contributed by atoms with van der Waals surface area (Å²) in [6.07, 6.45) is 1.89. The highest BCUT2D eigenvalue weighted by molar-refractivity contribution is 5.99. The fourth-order valence-corrected chi connectivity index (χ4v) is 4.37. The number of aliphatic imine (C=N–C) groups is 1. The molecule has 0 atom stereocenters. The molecule has 12 heteroatoms. The highest BCUT2D eigenvalue weighted by atomic mass is 16.7. The molecule has 0 spiro atoms. The fourth-order valence-electron chi connectivity index (χ4n) is 4.37. The Morgan fingerprint density at radius 2 is 1.80 bits per heavy atom. The van der Waals surface area contributed by atoms with Gasteiger partial charge >= 0.3 is 18.2 Å². The van der Waals surface area contributed by atoms with E-state index >= 15 is 0 Å². The molecule has 41 heavy (non-hydrogen) atoms. The van der Waals surface area contributed by atoms with Gasteiger partial charge in [0.05, 0.1) is 18.8 Å². The van der Waals surface area contributed by atoms with Crippen molar-refractivity contribution in [2.24, 2.45) is 4.99 Å². The normalized spacial score (nSPS) is 16.2. The summed E-state index contributed by atoms with van der Waals surface area (Å²) in [5.74, 6) is -1.14. The number of esters is 1. The molecule has 0 radical (unpaired) electrons. The highest BCUT2D eigenvalue weighted by Crippen LogP contribution is 2.37. The van der Waals surface area contributed by atoms with Crippen molar-refractivity contribution < 1.29 is 33.3 Å². The SMILES string of the molecule is C=Cc1ccc(Cn2cc3c(n2)CN(/C(=N\C(=O)OC(C)(C)C)NC(=O)OC(C)(C)C)C3)c2c1OC(C)(C)OC2=O. The Labute approximate surface area is 239 Å². The molecule has 1 aromatic carbocycles. The zero-order valence-electron chi connectivity index (χ0n) is 24.8. The van der Waals surface area contributed by atoms with Gasteiger partial charge in [-0.25, -0.2) is 14.4 Å². The number of rotatable bonds is 3. The summed E-state index contributed by atoms with van der Waals surface area (Å²) in [6, 6.07) is 3.67. The second-order valence-electron chi connectivity index (χ2n) is 12.3. The molecule has 3 heterocycles. The average molecular weight is 568 g/mol. The molecular formula is C29H37N5O7. The topological polar surface area (TPSA) is 134 Å². The summed E-state index contributed by atoms with van der Waals surface area (Å²) < 4.78 is 23.8. The lowest BCUT2D eigenvalue weighted by Gasteiger charge is -2.33. The van der Waals surface area contributed by atoms with Gasteiger partial charge in [0.25, 0.3) is 0 Å². The van der Waals surface area contributed by atoms with Crippen LogP contribution in [0.5, 0.6) is 5.75 Å². The van der Waals surface area contributed by atoms with Crippen molar-refractivity contribution in [3.8, 4) is 5.75 Å². The third-order valence-electron chi connectivity index (χ3n) is 5.85. The number of nitrogens with one attached hydrogen (secondary N) is 1. The number of guanidine groups is 1. The minimum atomic E-state index is -1.09. The molecule has 1 N–H and O–H groups in total. The van der Waals surface area contributed by atoms with Crippen LogP contribution in [0.3, 0.4) is 0 Å². The number of carbonyl (C=O) groups excluding carboxylic acids is 3. The number of alkyl carbamates (subject to hydrolysis) is 1. The predicted octanol–water partition coefficient (Wildman–Crippen LogP) is 4.99. The van der Waals surface area contributed by atoms with E-state index in [-0.39, 0.29) is 12.5 Å². The van der Waals surface area contributed by atoms with Gasteiger partial charge in [0.15, 0.2) is 0 Å². The molecule has 0 fully saturated rings. The summed E-state index contributed by atoms with van der Waals surface area (Å²) >= 11 is 0. The number of carbonyl (C=O) groups is 3. The lowest BCUT2D eigenvalue weighted by atomic mass is 10.0. The third kappa shape index (κ3) is 7.24. The first-order chi connectivity index (χ1) is 18.9. The van der Waals surface area contributed by atoms with Crippen molar-refractivity contribution in [3.05, 3.63) is 52.9 Å². The molecule has 0 saturated heterocycles. The number of hydrogen-bond acceptors (Lipinski definition) is 8. The molecule has 0 unspecified atom stereocenters. The van der Waals surface area contributed by atoms with Gasteiger partial charge in [-0.3, -0.25) is 10.00 Å². The summed E-state index contributed by atoms with van der Waals surface area (Å²) in [7, 11) is 0. The van der Waals surface area contributed by atoms with Crippen LogP contribution < -0.4 is 10.1 Å². The Kier molecular flexibility index (Phi) is 7.63. The summed E-state index contributed by atoms with van der Waals surface area (Å²) in [6.45, 7) is 18.4. The van der Waals surface area contributed by atoms with Gasteiger partial charge in [0.2, 0.25) is 11.7 Å². The van der Waals surface area contributed by atoms with Gasteiger partial charge < -0.3 is 23.8 Å². The Morgan fingerprint density at radius 3 is 2.41 bits per heavy atom. The molecule has 0 bridgehead atoms. The van der Waals surface area contributed by atoms with E-state index in [2.05, 4.69) is 22.0 Å². The minimum absolute atomic E-state index is 0.00496. The van der Waals surface area contributed by atoms with Crippen LogP contribution in [0.4, 0.5) is 9.59 Å². The van der Waals surface area contributed by atoms with Crippen LogP contribution in [0.25, 0.3) is 6.08 Å². The molecule has 2 aliphatic rings. The molecule has 1 aromatic heterocycles. The Hall–Kier alpha value is -4.35. The van der Waals surface area contributed by atoms with Crippen LogP contribution in [0, 0.1) is 0 Å². The van der Waals surface area contributed by atoms with E-state index in [4.69, 9.17) is 18.9 Å². The lowest BCUT2D eigenvalue weighted by Crippen LogP contribution is -2.44. The van der Waals surface area contributed by atoms with Gasteiger partial charge in [-0.1, -0.05) is 24.8 Å². The van der Waals surface area contributed by atoms with Crippen molar-refractivity contribution in [2.75, 3.05) is 0 Å². The summed E-state index contributed by atoms with van der Waals surface area (Å²) in [5, 5.41) is 7.26. The van der Waals surface area contributed by atoms with Gasteiger partial charge in [0.1, 0.15) is 22.5 Å². The molecule has 220 valence electrons. The second kappa shape index (κ2) is 10.6. The van der Waals surface area contributed by atoms with Crippen LogP contribution >= 0.6 is 0 Å². The van der Waals surface area contributed by atoms with Crippen molar-refractivity contribution in [1.82, 2.24) is 20.0 Å². The molecule has 2 amide bonds. The molecule has 4 rings (SSSR count). The van der Waals surface area contributed by atoms with E-state index in [1.807, 2.05) is 18.3 Å². The van der Waals surface area contributed by atoms with Crippen LogP contribution in [0.15, 0.2) is 29.9 Å². The number of fused-ring (bicyclic) bond motifs is 2. The quantitative estimate of drug-likeness (QED) is 0.236. The molecule has 12 nitrogen and oxygen atoms in total. The van der Waals surface area contributed by atoms with E-state index in [1.165, 1.54) is 0 Å². The fraction of sp³-hybridized carbons (Fsp3) is 0.483. The first-order valence-corrected chi connectivity index (χ1v) is 13.3. The van der Waals surface area contributed by atoms with Crippen LogP contribution in [0.1, 0.15) is 88.1 Å². The third-order valence-corrected chi connectivity index (χ3v) is 5.85. The number of benzene rings is 1. The standard InChI is InChI=1S/C29H37N5O7/c1-10-17-11-12-18(21-22(17)38-29(8,9)39-23(21)35)14-34-15-19-13-33(16-20(19)32-34)24(30-25(36)40-27(2,3)4)31-26(37)41-28(5,6)7/h10-12,15H,1,13-14,16H2,2-9H3,(H,30,31,36,37). The zero-order valence-corrected chi connectivity index (χ0v) is 24.8. The van der Waals surface area contributed by atoms with Crippen molar-refractivity contribution >= 4 is 30.2 Å². The molecule has 0 saturated carbocycles. The Morgan fingerprint density at radius 1 is 1.12 bits per heavy atom. The highest BCUT2D eigenvalue weighted by Gasteiger charge is 2.37. The van der Waals surface area contributed by atoms with Crippen LogP contribution in [0.2, 0.25) is 0 Å². The second-order valence-corrected chi connectivity index (χ2v) is 12.3. The van der Waals surface area contributed by atoms with Gasteiger partial charge in [-0.15, -0.1) is 4.99 Å². The maximum Gasteiger partial charge on any atom is 0.437 e.